The highest BCUT2D eigenvalue weighted by atomic mass is 32.2. The van der Waals surface area contributed by atoms with E-state index in [2.05, 4.69) is 57.0 Å². The predicted molar refractivity (Wildman–Crippen MR) is 110 cm³/mol. The minimum Gasteiger partial charge on any atom is -0.270 e. The lowest BCUT2D eigenvalue weighted by Gasteiger charge is -2.11. The standard InChI is InChI=1S/C22H17N5S/c1-16-6-8-20(9-7-16)27-21(17-10-12-24-13-11-17)25-26-22(27)28-15-19-5-3-2-4-18(19)14-23/h2-13H,15H2,1H3. The number of benzene rings is 2. The molecule has 0 aliphatic carbocycles. The summed E-state index contributed by atoms with van der Waals surface area (Å²) in [5.41, 5.74) is 4.81. The first kappa shape index (κ1) is 18.0. The van der Waals surface area contributed by atoms with Crippen molar-refractivity contribution in [1.29, 1.82) is 5.26 Å². The van der Waals surface area contributed by atoms with Gasteiger partial charge in [-0.05, 0) is 42.8 Å². The fraction of sp³-hybridized carbons (Fsp3) is 0.0909. The molecule has 0 aliphatic rings. The fourth-order valence-electron chi connectivity index (χ4n) is 2.88. The molecule has 2 heterocycles. The molecule has 0 fully saturated rings. The molecule has 4 rings (SSSR count). The van der Waals surface area contributed by atoms with E-state index in [4.69, 9.17) is 0 Å². The minimum absolute atomic E-state index is 0.643. The first-order valence-corrected chi connectivity index (χ1v) is 9.78. The van der Waals surface area contributed by atoms with Gasteiger partial charge in [0.1, 0.15) is 0 Å². The molecule has 136 valence electrons. The van der Waals surface area contributed by atoms with Crippen LogP contribution in [0.5, 0.6) is 0 Å². The summed E-state index contributed by atoms with van der Waals surface area (Å²) in [6, 6.07) is 22.0. The summed E-state index contributed by atoms with van der Waals surface area (Å²) in [7, 11) is 0. The molecular weight excluding hydrogens is 366 g/mol. The molecule has 2 aromatic heterocycles. The van der Waals surface area contributed by atoms with E-state index in [9.17, 15) is 5.26 Å². The molecular formula is C22H17N5S. The molecule has 6 heteroatoms. The number of nitrogens with zero attached hydrogens (tertiary/aromatic N) is 5. The van der Waals surface area contributed by atoms with Crippen molar-refractivity contribution in [2.75, 3.05) is 0 Å². The van der Waals surface area contributed by atoms with Crippen molar-refractivity contribution in [3.8, 4) is 23.1 Å². The quantitative estimate of drug-likeness (QED) is 0.463. The van der Waals surface area contributed by atoms with Crippen molar-refractivity contribution < 1.29 is 0 Å². The highest BCUT2D eigenvalue weighted by Crippen LogP contribution is 2.30. The fourth-order valence-corrected chi connectivity index (χ4v) is 3.83. The smallest absolute Gasteiger partial charge is 0.196 e. The Morgan fingerprint density at radius 1 is 0.964 bits per heavy atom. The third kappa shape index (κ3) is 3.66. The van der Waals surface area contributed by atoms with E-state index in [1.54, 1.807) is 24.2 Å². The van der Waals surface area contributed by atoms with E-state index in [-0.39, 0.29) is 0 Å². The average Bonchev–Trinajstić information content (AvgIpc) is 3.17. The van der Waals surface area contributed by atoms with Gasteiger partial charge in [-0.3, -0.25) is 9.55 Å². The van der Waals surface area contributed by atoms with Crippen LogP contribution >= 0.6 is 11.8 Å². The molecule has 2 aromatic carbocycles. The molecule has 5 nitrogen and oxygen atoms in total. The van der Waals surface area contributed by atoms with Crippen molar-refractivity contribution in [3.63, 3.8) is 0 Å². The van der Waals surface area contributed by atoms with Crippen LogP contribution in [0.1, 0.15) is 16.7 Å². The minimum atomic E-state index is 0.643. The van der Waals surface area contributed by atoms with Crippen LogP contribution in [0.4, 0.5) is 0 Å². The summed E-state index contributed by atoms with van der Waals surface area (Å²) >= 11 is 1.57. The van der Waals surface area contributed by atoms with Gasteiger partial charge in [0.05, 0.1) is 11.6 Å². The first-order chi connectivity index (χ1) is 13.8. The number of thioether (sulfide) groups is 1. The second-order valence-electron chi connectivity index (χ2n) is 6.27. The van der Waals surface area contributed by atoms with Gasteiger partial charge in [0.25, 0.3) is 0 Å². The number of aromatic nitrogens is 4. The van der Waals surface area contributed by atoms with Crippen LogP contribution in [-0.4, -0.2) is 19.7 Å². The van der Waals surface area contributed by atoms with Crippen LogP contribution in [0.3, 0.4) is 0 Å². The normalized spacial score (nSPS) is 10.6. The Kier molecular flexibility index (Phi) is 5.18. The van der Waals surface area contributed by atoms with E-state index in [1.165, 1.54) is 5.56 Å². The number of hydrogen-bond donors (Lipinski definition) is 0. The van der Waals surface area contributed by atoms with E-state index in [0.29, 0.717) is 11.3 Å². The zero-order valence-corrected chi connectivity index (χ0v) is 16.1. The monoisotopic (exact) mass is 383 g/mol. The maximum absolute atomic E-state index is 9.33. The highest BCUT2D eigenvalue weighted by Gasteiger charge is 2.16. The van der Waals surface area contributed by atoms with E-state index in [1.807, 2.05) is 36.4 Å². The van der Waals surface area contributed by atoms with Crippen molar-refractivity contribution in [2.45, 2.75) is 17.8 Å². The van der Waals surface area contributed by atoms with E-state index >= 15 is 0 Å². The van der Waals surface area contributed by atoms with Gasteiger partial charge in [0, 0.05) is 29.4 Å². The number of pyridine rings is 1. The van der Waals surface area contributed by atoms with Gasteiger partial charge >= 0.3 is 0 Å². The van der Waals surface area contributed by atoms with Crippen LogP contribution < -0.4 is 0 Å². The van der Waals surface area contributed by atoms with E-state index in [0.717, 1.165) is 27.8 Å². The molecule has 0 N–H and O–H groups in total. The Morgan fingerprint density at radius 3 is 2.46 bits per heavy atom. The molecule has 0 aliphatic heterocycles. The summed E-state index contributed by atoms with van der Waals surface area (Å²) in [6.07, 6.45) is 3.50. The second-order valence-corrected chi connectivity index (χ2v) is 7.21. The summed E-state index contributed by atoms with van der Waals surface area (Å²) in [6.45, 7) is 2.06. The SMILES string of the molecule is Cc1ccc(-n2c(SCc3ccccc3C#N)nnc2-c2ccncc2)cc1. The molecule has 4 aromatic rings. The van der Waals surface area contributed by atoms with Crippen LogP contribution in [0.2, 0.25) is 0 Å². The van der Waals surface area contributed by atoms with Gasteiger partial charge in [0.2, 0.25) is 0 Å². The number of rotatable bonds is 5. The van der Waals surface area contributed by atoms with Gasteiger partial charge in [-0.2, -0.15) is 5.26 Å². The number of nitriles is 1. The zero-order valence-electron chi connectivity index (χ0n) is 15.3. The van der Waals surface area contributed by atoms with Crippen LogP contribution in [0.25, 0.3) is 17.1 Å². The van der Waals surface area contributed by atoms with Crippen LogP contribution in [0, 0.1) is 18.3 Å². The van der Waals surface area contributed by atoms with Crippen molar-refractivity contribution in [1.82, 2.24) is 19.7 Å². The summed E-state index contributed by atoms with van der Waals surface area (Å²) in [5.74, 6) is 1.41. The first-order valence-electron chi connectivity index (χ1n) is 8.80. The second kappa shape index (κ2) is 8.07. The van der Waals surface area contributed by atoms with Crippen LogP contribution in [0.15, 0.2) is 78.2 Å². The Bertz CT molecular complexity index is 1130. The summed E-state index contributed by atoms with van der Waals surface area (Å²) in [5, 5.41) is 19.0. The average molecular weight is 383 g/mol. The number of aryl methyl sites for hydroxylation is 1. The van der Waals surface area contributed by atoms with Crippen molar-refractivity contribution in [2.24, 2.45) is 0 Å². The van der Waals surface area contributed by atoms with Crippen molar-refractivity contribution in [3.05, 3.63) is 89.7 Å². The Balaban J connectivity index is 1.74. The van der Waals surface area contributed by atoms with Gasteiger partial charge in [-0.15, -0.1) is 10.2 Å². The third-order valence-corrected chi connectivity index (χ3v) is 5.34. The van der Waals surface area contributed by atoms with E-state index < -0.39 is 0 Å². The largest absolute Gasteiger partial charge is 0.270 e. The molecule has 0 unspecified atom stereocenters. The van der Waals surface area contributed by atoms with Gasteiger partial charge < -0.3 is 0 Å². The third-order valence-electron chi connectivity index (χ3n) is 4.36. The summed E-state index contributed by atoms with van der Waals surface area (Å²) < 4.78 is 2.05. The maximum atomic E-state index is 9.33. The molecule has 0 radical (unpaired) electrons. The van der Waals surface area contributed by atoms with Crippen LogP contribution in [-0.2, 0) is 5.75 Å². The lowest BCUT2D eigenvalue weighted by atomic mass is 10.1. The topological polar surface area (TPSA) is 67.4 Å². The predicted octanol–water partition coefficient (Wildman–Crippen LogP) is 4.80. The Morgan fingerprint density at radius 2 is 1.71 bits per heavy atom. The highest BCUT2D eigenvalue weighted by molar-refractivity contribution is 7.98. The molecule has 0 bridgehead atoms. The number of hydrogen-bond acceptors (Lipinski definition) is 5. The zero-order chi connectivity index (χ0) is 19.3. The maximum Gasteiger partial charge on any atom is 0.196 e. The molecule has 0 saturated carbocycles. The van der Waals surface area contributed by atoms with Gasteiger partial charge in [-0.25, -0.2) is 0 Å². The molecule has 0 spiro atoms. The molecule has 0 saturated heterocycles. The summed E-state index contributed by atoms with van der Waals surface area (Å²) in [4.78, 5) is 4.09. The van der Waals surface area contributed by atoms with Crippen molar-refractivity contribution >= 4 is 11.8 Å². The molecule has 0 amide bonds. The molecule has 0 atom stereocenters. The molecule has 28 heavy (non-hydrogen) atoms. The van der Waals surface area contributed by atoms with Gasteiger partial charge in [-0.1, -0.05) is 47.7 Å². The lowest BCUT2D eigenvalue weighted by molar-refractivity contribution is 0.885. The Labute approximate surface area is 167 Å². The van der Waals surface area contributed by atoms with Gasteiger partial charge in [0.15, 0.2) is 11.0 Å². The Hall–Kier alpha value is -3.43. The lowest BCUT2D eigenvalue weighted by Crippen LogP contribution is -2.00.